The first-order valence-electron chi connectivity index (χ1n) is 5.81. The van der Waals surface area contributed by atoms with E-state index in [2.05, 4.69) is 0 Å². The molecule has 0 aliphatic carbocycles. The van der Waals surface area contributed by atoms with E-state index >= 15 is 0 Å². The summed E-state index contributed by atoms with van der Waals surface area (Å²) in [5, 5.41) is 0. The Kier molecular flexibility index (Phi) is 5.24. The van der Waals surface area contributed by atoms with Crippen molar-refractivity contribution in [2.24, 2.45) is 5.92 Å². The summed E-state index contributed by atoms with van der Waals surface area (Å²) in [7, 11) is 0. The molecule has 0 fully saturated rings. The molecule has 0 aromatic heterocycles. The first-order valence-corrected chi connectivity index (χ1v) is 5.81. The zero-order valence-electron chi connectivity index (χ0n) is 10.5. The van der Waals surface area contributed by atoms with Crippen molar-refractivity contribution in [2.75, 3.05) is 6.61 Å². The first-order chi connectivity index (χ1) is 8.56. The molecule has 4 heteroatoms. The predicted octanol–water partition coefficient (Wildman–Crippen LogP) is 2.03. The van der Waals surface area contributed by atoms with Crippen LogP contribution in [0.25, 0.3) is 0 Å². The average molecular weight is 248 g/mol. The van der Waals surface area contributed by atoms with Crippen molar-refractivity contribution < 1.29 is 19.1 Å². The summed E-state index contributed by atoms with van der Waals surface area (Å²) >= 11 is 0. The molecule has 0 N–H and O–H groups in total. The van der Waals surface area contributed by atoms with Crippen LogP contribution in [0.5, 0.6) is 0 Å². The van der Waals surface area contributed by atoms with Gasteiger partial charge in [-0.15, -0.1) is 0 Å². The summed E-state index contributed by atoms with van der Waals surface area (Å²) in [5.41, 5.74) is 0.494. The van der Waals surface area contributed by atoms with E-state index in [0.29, 0.717) is 5.56 Å². The summed E-state index contributed by atoms with van der Waals surface area (Å²) in [6.45, 7) is 3.15. The Balaban J connectivity index is 2.76. The van der Waals surface area contributed by atoms with Crippen molar-refractivity contribution in [3.8, 4) is 0 Å². The molecular weight excluding hydrogens is 232 g/mol. The molecule has 1 rings (SSSR count). The molecule has 0 heterocycles. The van der Waals surface area contributed by atoms with E-state index in [-0.39, 0.29) is 24.6 Å². The van der Waals surface area contributed by atoms with E-state index in [9.17, 15) is 14.4 Å². The highest BCUT2D eigenvalue weighted by molar-refractivity contribution is 6.05. The molecule has 1 aromatic rings. The van der Waals surface area contributed by atoms with Gasteiger partial charge in [-0.3, -0.25) is 14.4 Å². The van der Waals surface area contributed by atoms with Crippen LogP contribution in [0.3, 0.4) is 0 Å². The number of carbonyl (C=O) groups is 3. The lowest BCUT2D eigenvalue weighted by atomic mass is 9.95. The number of benzene rings is 1. The third-order valence-electron chi connectivity index (χ3n) is 2.55. The van der Waals surface area contributed by atoms with Gasteiger partial charge in [0.05, 0.1) is 6.61 Å². The molecule has 1 atom stereocenters. The van der Waals surface area contributed by atoms with Crippen molar-refractivity contribution in [3.05, 3.63) is 35.9 Å². The highest BCUT2D eigenvalue weighted by Gasteiger charge is 2.27. The molecule has 0 aliphatic heterocycles. The second-order valence-electron chi connectivity index (χ2n) is 3.91. The molecule has 0 unspecified atom stereocenters. The summed E-state index contributed by atoms with van der Waals surface area (Å²) in [5.74, 6) is -2.21. The van der Waals surface area contributed by atoms with E-state index < -0.39 is 11.9 Å². The van der Waals surface area contributed by atoms with Gasteiger partial charge in [0.25, 0.3) is 0 Å². The average Bonchev–Trinajstić information content (AvgIpc) is 2.36. The highest BCUT2D eigenvalue weighted by atomic mass is 16.5. The molecule has 0 spiro atoms. The Hall–Kier alpha value is -1.97. The number of carbonyl (C=O) groups excluding carboxylic acids is 3. The number of hydrogen-bond donors (Lipinski definition) is 0. The molecule has 0 aliphatic rings. The van der Waals surface area contributed by atoms with Gasteiger partial charge in [0.2, 0.25) is 0 Å². The number of hydrogen-bond acceptors (Lipinski definition) is 4. The zero-order chi connectivity index (χ0) is 13.5. The molecule has 0 bridgehead atoms. The van der Waals surface area contributed by atoms with E-state index in [1.165, 1.54) is 6.92 Å². The zero-order valence-corrected chi connectivity index (χ0v) is 10.5. The van der Waals surface area contributed by atoms with Crippen LogP contribution in [-0.2, 0) is 14.3 Å². The van der Waals surface area contributed by atoms with Crippen molar-refractivity contribution >= 4 is 17.5 Å². The number of rotatable bonds is 6. The Morgan fingerprint density at radius 1 is 1.17 bits per heavy atom. The van der Waals surface area contributed by atoms with Crippen LogP contribution in [0, 0.1) is 5.92 Å². The minimum Gasteiger partial charge on any atom is -0.465 e. The maximum atomic E-state index is 11.9. The van der Waals surface area contributed by atoms with Crippen LogP contribution in [0.2, 0.25) is 0 Å². The topological polar surface area (TPSA) is 60.4 Å². The van der Waals surface area contributed by atoms with Crippen LogP contribution in [0.15, 0.2) is 30.3 Å². The SMILES string of the molecule is CCOC(=O)[C@H](CC(=O)c1ccccc1)C(C)=O. The standard InChI is InChI=1S/C14H16O4/c1-3-18-14(17)12(10(2)15)9-13(16)11-7-5-4-6-8-11/h4-8,12H,3,9H2,1-2H3/t12-/m1/s1. The molecule has 0 radical (unpaired) electrons. The third-order valence-corrected chi connectivity index (χ3v) is 2.55. The highest BCUT2D eigenvalue weighted by Crippen LogP contribution is 2.13. The fraction of sp³-hybridized carbons (Fsp3) is 0.357. The first kappa shape index (κ1) is 14.1. The Morgan fingerprint density at radius 2 is 1.78 bits per heavy atom. The normalized spacial score (nSPS) is 11.7. The van der Waals surface area contributed by atoms with Gasteiger partial charge in [0.1, 0.15) is 11.7 Å². The number of Topliss-reactive ketones (excluding diaryl/α,β-unsaturated/α-hetero) is 2. The largest absolute Gasteiger partial charge is 0.465 e. The maximum Gasteiger partial charge on any atom is 0.316 e. The van der Waals surface area contributed by atoms with Crippen molar-refractivity contribution in [2.45, 2.75) is 20.3 Å². The Morgan fingerprint density at radius 3 is 2.28 bits per heavy atom. The summed E-state index contributed by atoms with van der Waals surface area (Å²) in [6, 6.07) is 8.58. The van der Waals surface area contributed by atoms with Crippen molar-refractivity contribution in [3.63, 3.8) is 0 Å². The molecule has 0 saturated heterocycles. The molecule has 0 saturated carbocycles. The van der Waals surface area contributed by atoms with Crippen LogP contribution in [0.1, 0.15) is 30.6 Å². The third kappa shape index (κ3) is 3.80. The van der Waals surface area contributed by atoms with E-state index in [1.807, 2.05) is 0 Å². The molecule has 4 nitrogen and oxygen atoms in total. The second kappa shape index (κ2) is 6.69. The number of esters is 1. The molecule has 96 valence electrons. The monoisotopic (exact) mass is 248 g/mol. The van der Waals surface area contributed by atoms with Gasteiger partial charge in [-0.2, -0.15) is 0 Å². The maximum absolute atomic E-state index is 11.9. The lowest BCUT2D eigenvalue weighted by Crippen LogP contribution is -2.27. The lowest BCUT2D eigenvalue weighted by Gasteiger charge is -2.11. The molecular formula is C14H16O4. The van der Waals surface area contributed by atoms with Crippen molar-refractivity contribution in [1.82, 2.24) is 0 Å². The van der Waals surface area contributed by atoms with Crippen LogP contribution in [0.4, 0.5) is 0 Å². The lowest BCUT2D eigenvalue weighted by molar-refractivity contribution is -0.151. The fourth-order valence-corrected chi connectivity index (χ4v) is 1.56. The molecule has 18 heavy (non-hydrogen) atoms. The van der Waals surface area contributed by atoms with Gasteiger partial charge < -0.3 is 4.74 Å². The van der Waals surface area contributed by atoms with Gasteiger partial charge in [-0.25, -0.2) is 0 Å². The molecule has 1 aromatic carbocycles. The van der Waals surface area contributed by atoms with E-state index in [1.54, 1.807) is 37.3 Å². The number of ketones is 2. The quantitative estimate of drug-likeness (QED) is 0.439. The number of ether oxygens (including phenoxy) is 1. The van der Waals surface area contributed by atoms with Crippen LogP contribution in [-0.4, -0.2) is 24.1 Å². The van der Waals surface area contributed by atoms with Gasteiger partial charge >= 0.3 is 5.97 Å². The van der Waals surface area contributed by atoms with Gasteiger partial charge in [0.15, 0.2) is 5.78 Å². The van der Waals surface area contributed by atoms with Crippen LogP contribution < -0.4 is 0 Å². The smallest absolute Gasteiger partial charge is 0.316 e. The summed E-state index contributed by atoms with van der Waals surface area (Å²) in [4.78, 5) is 34.8. The minimum absolute atomic E-state index is 0.141. The van der Waals surface area contributed by atoms with E-state index in [0.717, 1.165) is 0 Å². The van der Waals surface area contributed by atoms with Crippen molar-refractivity contribution in [1.29, 1.82) is 0 Å². The predicted molar refractivity (Wildman–Crippen MR) is 66.2 cm³/mol. The fourth-order valence-electron chi connectivity index (χ4n) is 1.56. The van der Waals surface area contributed by atoms with Gasteiger partial charge in [0, 0.05) is 12.0 Å². The summed E-state index contributed by atoms with van der Waals surface area (Å²) in [6.07, 6.45) is -0.141. The minimum atomic E-state index is -1.00. The Labute approximate surface area is 106 Å². The summed E-state index contributed by atoms with van der Waals surface area (Å²) < 4.78 is 4.79. The van der Waals surface area contributed by atoms with Crippen LogP contribution >= 0.6 is 0 Å². The second-order valence-corrected chi connectivity index (χ2v) is 3.91. The Bertz CT molecular complexity index is 436. The van der Waals surface area contributed by atoms with Gasteiger partial charge in [-0.05, 0) is 13.8 Å². The van der Waals surface area contributed by atoms with Gasteiger partial charge in [-0.1, -0.05) is 30.3 Å². The molecule has 0 amide bonds. The van der Waals surface area contributed by atoms with E-state index in [4.69, 9.17) is 4.74 Å².